The normalized spacial score (nSPS) is 10.3. The van der Waals surface area contributed by atoms with Gasteiger partial charge in [0.05, 0.1) is 3.39 Å². The third-order valence-corrected chi connectivity index (χ3v) is 3.77. The number of halogens is 2. The van der Waals surface area contributed by atoms with Crippen LogP contribution in [0.15, 0.2) is 21.6 Å². The smallest absolute Gasteiger partial charge is 0.303 e. The molecular weight excluding hydrogens is 408 g/mol. The van der Waals surface area contributed by atoms with Crippen molar-refractivity contribution in [2.24, 2.45) is 0 Å². The average Bonchev–Trinajstić information content (AvgIpc) is 2.46. The predicted molar refractivity (Wildman–Crippen MR) is 101 cm³/mol. The van der Waals surface area contributed by atoms with Gasteiger partial charge in [-0.3, -0.25) is 4.79 Å². The zero-order valence-electron chi connectivity index (χ0n) is 13.1. The molecular formula is C18H26Br2O2. The maximum Gasteiger partial charge on any atom is 0.303 e. The van der Waals surface area contributed by atoms with Crippen molar-refractivity contribution >= 4 is 37.8 Å². The minimum atomic E-state index is -0.730. The number of carboxylic acids is 1. The highest BCUT2D eigenvalue weighted by Crippen LogP contribution is 2.15. The Hall–Kier alpha value is -0.530. The maximum atomic E-state index is 10.3. The first kappa shape index (κ1) is 21.5. The predicted octanol–water partition coefficient (Wildman–Crippen LogP) is 6.55. The van der Waals surface area contributed by atoms with Crippen molar-refractivity contribution in [1.82, 2.24) is 0 Å². The van der Waals surface area contributed by atoms with E-state index in [-0.39, 0.29) is 6.42 Å². The molecule has 0 unspecified atom stereocenters. The largest absolute Gasteiger partial charge is 0.481 e. The SMILES string of the molecule is O=C(O)CCC/C=C\C#CCCCCCCCCC=C(Br)Br. The van der Waals surface area contributed by atoms with Crippen molar-refractivity contribution in [2.45, 2.75) is 70.6 Å². The molecule has 124 valence electrons. The fourth-order valence-electron chi connectivity index (χ4n) is 1.92. The highest BCUT2D eigenvalue weighted by molar-refractivity contribution is 9.28. The molecule has 0 aliphatic rings. The van der Waals surface area contributed by atoms with Gasteiger partial charge < -0.3 is 5.11 Å². The van der Waals surface area contributed by atoms with Gasteiger partial charge in [-0.1, -0.05) is 49.7 Å². The molecule has 0 bridgehead atoms. The molecule has 2 nitrogen and oxygen atoms in total. The first-order valence-corrected chi connectivity index (χ1v) is 9.58. The standard InChI is InChI=1S/C18H26Br2O2/c19-17(20)15-13-11-9-7-5-3-1-2-4-6-8-10-12-14-16-18(21)22/h8,10,15H,1-3,5,7,9,11-14,16H2,(H,21,22)/b10-8-. The summed E-state index contributed by atoms with van der Waals surface area (Å²) in [5, 5.41) is 8.48. The molecule has 0 aromatic heterocycles. The monoisotopic (exact) mass is 432 g/mol. The summed E-state index contributed by atoms with van der Waals surface area (Å²) >= 11 is 6.72. The molecule has 0 atom stereocenters. The van der Waals surface area contributed by atoms with Crippen molar-refractivity contribution in [3.05, 3.63) is 21.6 Å². The van der Waals surface area contributed by atoms with Gasteiger partial charge in [-0.25, -0.2) is 0 Å². The van der Waals surface area contributed by atoms with E-state index in [0.29, 0.717) is 6.42 Å². The summed E-state index contributed by atoms with van der Waals surface area (Å²) in [7, 11) is 0. The van der Waals surface area contributed by atoms with Gasteiger partial charge in [-0.05, 0) is 70.0 Å². The first-order chi connectivity index (χ1) is 10.6. The highest BCUT2D eigenvalue weighted by atomic mass is 79.9. The molecule has 0 radical (unpaired) electrons. The molecule has 0 aliphatic carbocycles. The van der Waals surface area contributed by atoms with Gasteiger partial charge >= 0.3 is 5.97 Å². The summed E-state index contributed by atoms with van der Waals surface area (Å²) in [6.45, 7) is 0. The lowest BCUT2D eigenvalue weighted by Crippen LogP contribution is -1.92. The zero-order valence-corrected chi connectivity index (χ0v) is 16.3. The van der Waals surface area contributed by atoms with Crippen LogP contribution in [0.2, 0.25) is 0 Å². The number of unbranched alkanes of at least 4 members (excludes halogenated alkanes) is 8. The van der Waals surface area contributed by atoms with Crippen LogP contribution in [0.3, 0.4) is 0 Å². The topological polar surface area (TPSA) is 37.3 Å². The fourth-order valence-corrected chi connectivity index (χ4v) is 2.38. The fraction of sp³-hybridized carbons (Fsp3) is 0.611. The Balaban J connectivity index is 3.29. The molecule has 0 saturated heterocycles. The van der Waals surface area contributed by atoms with Gasteiger partial charge in [0.25, 0.3) is 0 Å². The molecule has 4 heteroatoms. The van der Waals surface area contributed by atoms with Crippen LogP contribution < -0.4 is 0 Å². The van der Waals surface area contributed by atoms with Gasteiger partial charge in [-0.2, -0.15) is 0 Å². The van der Waals surface area contributed by atoms with E-state index in [4.69, 9.17) is 5.11 Å². The van der Waals surface area contributed by atoms with E-state index in [0.717, 1.165) is 22.7 Å². The van der Waals surface area contributed by atoms with Gasteiger partial charge in [0.15, 0.2) is 0 Å². The number of hydrogen-bond donors (Lipinski definition) is 1. The van der Waals surface area contributed by atoms with E-state index in [1.807, 2.05) is 12.2 Å². The van der Waals surface area contributed by atoms with E-state index in [9.17, 15) is 4.79 Å². The van der Waals surface area contributed by atoms with Gasteiger partial charge in [-0.15, -0.1) is 0 Å². The Kier molecular flexibility index (Phi) is 16.4. The molecule has 1 N–H and O–H groups in total. The van der Waals surface area contributed by atoms with Crippen LogP contribution in [0.5, 0.6) is 0 Å². The van der Waals surface area contributed by atoms with Crippen molar-refractivity contribution in [3.63, 3.8) is 0 Å². The first-order valence-electron chi connectivity index (χ1n) is 7.99. The molecule has 0 aromatic carbocycles. The highest BCUT2D eigenvalue weighted by Gasteiger charge is 1.93. The second kappa shape index (κ2) is 16.8. The number of carbonyl (C=O) groups is 1. The van der Waals surface area contributed by atoms with E-state index in [1.54, 1.807) is 0 Å². The van der Waals surface area contributed by atoms with Crippen LogP contribution >= 0.6 is 31.9 Å². The number of rotatable bonds is 12. The van der Waals surface area contributed by atoms with Crippen LogP contribution in [0.4, 0.5) is 0 Å². The zero-order chi connectivity index (χ0) is 16.5. The summed E-state index contributed by atoms with van der Waals surface area (Å²) < 4.78 is 1.05. The Bertz CT molecular complexity index is 399. The van der Waals surface area contributed by atoms with Crippen LogP contribution in [-0.2, 0) is 4.79 Å². The third-order valence-electron chi connectivity index (χ3n) is 3.12. The molecule has 0 aliphatic heterocycles. The van der Waals surface area contributed by atoms with Gasteiger partial charge in [0.1, 0.15) is 0 Å². The van der Waals surface area contributed by atoms with E-state index >= 15 is 0 Å². The Labute approximate surface area is 151 Å². The second-order valence-corrected chi connectivity index (χ2v) is 7.94. The van der Waals surface area contributed by atoms with Crippen LogP contribution in [-0.4, -0.2) is 11.1 Å². The van der Waals surface area contributed by atoms with Crippen LogP contribution in [0, 0.1) is 11.8 Å². The maximum absolute atomic E-state index is 10.3. The lowest BCUT2D eigenvalue weighted by molar-refractivity contribution is -0.137. The van der Waals surface area contributed by atoms with E-state index < -0.39 is 5.97 Å². The molecule has 0 fully saturated rings. The lowest BCUT2D eigenvalue weighted by atomic mass is 10.1. The second-order valence-electron chi connectivity index (χ2n) is 5.16. The van der Waals surface area contributed by atoms with Crippen molar-refractivity contribution < 1.29 is 9.90 Å². The van der Waals surface area contributed by atoms with Crippen LogP contribution in [0.25, 0.3) is 0 Å². The average molecular weight is 434 g/mol. The third kappa shape index (κ3) is 19.5. The minimum Gasteiger partial charge on any atom is -0.481 e. The Morgan fingerprint density at radius 2 is 1.64 bits per heavy atom. The number of hydrogen-bond acceptors (Lipinski definition) is 1. The summed E-state index contributed by atoms with van der Waals surface area (Å²) in [4.78, 5) is 10.3. The molecule has 0 saturated carbocycles. The van der Waals surface area contributed by atoms with E-state index in [2.05, 4.69) is 49.8 Å². The molecule has 0 rings (SSSR count). The number of carboxylic acid groups (broad SMARTS) is 1. The Morgan fingerprint density at radius 3 is 2.32 bits per heavy atom. The summed E-state index contributed by atoms with van der Waals surface area (Å²) in [5.41, 5.74) is 0. The summed E-state index contributed by atoms with van der Waals surface area (Å²) in [5.74, 6) is 5.42. The summed E-state index contributed by atoms with van der Waals surface area (Å²) in [6, 6.07) is 0. The molecule has 0 amide bonds. The van der Waals surface area contributed by atoms with Crippen molar-refractivity contribution in [1.29, 1.82) is 0 Å². The van der Waals surface area contributed by atoms with Crippen LogP contribution in [0.1, 0.15) is 70.6 Å². The van der Waals surface area contributed by atoms with Gasteiger partial charge in [0, 0.05) is 12.8 Å². The molecule has 22 heavy (non-hydrogen) atoms. The molecule has 0 aromatic rings. The molecule has 0 heterocycles. The summed E-state index contributed by atoms with van der Waals surface area (Å²) in [6.07, 6.45) is 17.4. The Morgan fingerprint density at radius 1 is 0.955 bits per heavy atom. The lowest BCUT2D eigenvalue weighted by Gasteiger charge is -1.98. The minimum absolute atomic E-state index is 0.238. The van der Waals surface area contributed by atoms with Crippen molar-refractivity contribution in [2.75, 3.05) is 0 Å². The number of allylic oxidation sites excluding steroid dienone is 3. The van der Waals surface area contributed by atoms with E-state index in [1.165, 1.54) is 38.5 Å². The molecule has 0 spiro atoms. The van der Waals surface area contributed by atoms with Crippen molar-refractivity contribution in [3.8, 4) is 11.8 Å². The van der Waals surface area contributed by atoms with Gasteiger partial charge in [0.2, 0.25) is 0 Å². The quantitative estimate of drug-likeness (QED) is 0.279. The number of aliphatic carboxylic acids is 1.